The zero-order valence-electron chi connectivity index (χ0n) is 7.55. The van der Waals surface area contributed by atoms with E-state index in [4.69, 9.17) is 10.00 Å². The Morgan fingerprint density at radius 2 is 2.08 bits per heavy atom. The first-order valence-corrected chi connectivity index (χ1v) is 4.17. The highest BCUT2D eigenvalue weighted by molar-refractivity contribution is 4.97. The van der Waals surface area contributed by atoms with Crippen LogP contribution in [0.1, 0.15) is 0 Å². The van der Waals surface area contributed by atoms with Gasteiger partial charge in [-0.25, -0.2) is 0 Å². The highest BCUT2D eigenvalue weighted by Crippen LogP contribution is 2.13. The van der Waals surface area contributed by atoms with Crippen molar-refractivity contribution < 1.29 is 14.9 Å². The van der Waals surface area contributed by atoms with E-state index in [9.17, 15) is 10.2 Å². The van der Waals surface area contributed by atoms with Crippen molar-refractivity contribution in [1.29, 1.82) is 5.26 Å². The zero-order chi connectivity index (χ0) is 9.84. The van der Waals surface area contributed by atoms with Crippen molar-refractivity contribution >= 4 is 0 Å². The van der Waals surface area contributed by atoms with Gasteiger partial charge in [0, 0.05) is 20.2 Å². The van der Waals surface area contributed by atoms with Gasteiger partial charge in [0.25, 0.3) is 0 Å². The molecule has 3 atom stereocenters. The standard InChI is InChI=1S/C8H14N2O3/c1-13-5-6(2-9)10-3-7(11)8(12)4-10/h6-8,11-12H,3-5H2,1H3. The van der Waals surface area contributed by atoms with Crippen LogP contribution < -0.4 is 0 Å². The van der Waals surface area contributed by atoms with Crippen LogP contribution in [0.25, 0.3) is 0 Å². The Balaban J connectivity index is 2.48. The molecule has 0 spiro atoms. The smallest absolute Gasteiger partial charge is 0.122 e. The van der Waals surface area contributed by atoms with Crippen LogP contribution in [0.2, 0.25) is 0 Å². The van der Waals surface area contributed by atoms with Gasteiger partial charge in [0.1, 0.15) is 6.04 Å². The molecule has 0 saturated carbocycles. The van der Waals surface area contributed by atoms with Gasteiger partial charge in [-0.15, -0.1) is 0 Å². The third-order valence-electron chi connectivity index (χ3n) is 2.20. The summed E-state index contributed by atoms with van der Waals surface area (Å²) in [4.78, 5) is 1.72. The number of hydrogen-bond donors (Lipinski definition) is 2. The minimum atomic E-state index is -0.743. The molecule has 1 aliphatic heterocycles. The predicted molar refractivity (Wildman–Crippen MR) is 44.9 cm³/mol. The number of aliphatic hydroxyl groups excluding tert-OH is 2. The summed E-state index contributed by atoms with van der Waals surface area (Å²) < 4.78 is 4.85. The largest absolute Gasteiger partial charge is 0.389 e. The molecule has 1 rings (SSSR count). The molecule has 1 fully saturated rings. The predicted octanol–water partition coefficient (Wildman–Crippen LogP) is -1.44. The first-order chi connectivity index (χ1) is 6.19. The highest BCUT2D eigenvalue weighted by Gasteiger charge is 2.33. The molecular weight excluding hydrogens is 172 g/mol. The zero-order valence-corrected chi connectivity index (χ0v) is 7.55. The molecule has 1 aliphatic rings. The van der Waals surface area contributed by atoms with Crippen molar-refractivity contribution in [3.8, 4) is 6.07 Å². The molecule has 5 nitrogen and oxygen atoms in total. The van der Waals surface area contributed by atoms with Gasteiger partial charge < -0.3 is 14.9 Å². The van der Waals surface area contributed by atoms with Crippen molar-refractivity contribution in [2.45, 2.75) is 18.2 Å². The van der Waals surface area contributed by atoms with Gasteiger partial charge in [-0.1, -0.05) is 0 Å². The van der Waals surface area contributed by atoms with Gasteiger partial charge in [0.05, 0.1) is 24.9 Å². The monoisotopic (exact) mass is 186 g/mol. The second-order valence-corrected chi connectivity index (χ2v) is 3.19. The number of rotatable bonds is 3. The van der Waals surface area contributed by atoms with E-state index < -0.39 is 12.2 Å². The molecule has 0 aromatic carbocycles. The first-order valence-electron chi connectivity index (χ1n) is 4.17. The maximum Gasteiger partial charge on any atom is 0.122 e. The molecule has 5 heteroatoms. The van der Waals surface area contributed by atoms with Gasteiger partial charge >= 0.3 is 0 Å². The van der Waals surface area contributed by atoms with Crippen molar-refractivity contribution in [2.24, 2.45) is 0 Å². The number of hydrogen-bond acceptors (Lipinski definition) is 5. The Labute approximate surface area is 77.1 Å². The average molecular weight is 186 g/mol. The topological polar surface area (TPSA) is 76.7 Å². The summed E-state index contributed by atoms with van der Waals surface area (Å²) >= 11 is 0. The molecule has 0 aliphatic carbocycles. The van der Waals surface area contributed by atoms with Crippen LogP contribution in [0.15, 0.2) is 0 Å². The van der Waals surface area contributed by atoms with Crippen LogP contribution in [0, 0.1) is 11.3 Å². The molecule has 2 N–H and O–H groups in total. The molecule has 1 heterocycles. The summed E-state index contributed by atoms with van der Waals surface area (Å²) in [7, 11) is 1.52. The van der Waals surface area contributed by atoms with Crippen LogP contribution in [0.5, 0.6) is 0 Å². The first kappa shape index (κ1) is 10.4. The van der Waals surface area contributed by atoms with Crippen LogP contribution in [-0.2, 0) is 4.74 Å². The van der Waals surface area contributed by atoms with Crippen LogP contribution in [-0.4, -0.2) is 60.2 Å². The molecule has 1 saturated heterocycles. The van der Waals surface area contributed by atoms with Crippen molar-refractivity contribution in [3.05, 3.63) is 0 Å². The molecule has 0 aromatic heterocycles. The maximum absolute atomic E-state index is 9.24. The summed E-state index contributed by atoms with van der Waals surface area (Å²) in [6, 6.07) is 1.69. The summed E-state index contributed by atoms with van der Waals surface area (Å²) in [6.45, 7) is 0.974. The summed E-state index contributed by atoms with van der Waals surface area (Å²) in [5.41, 5.74) is 0. The SMILES string of the molecule is COCC(C#N)N1CC(O)C(O)C1. The Morgan fingerprint density at radius 3 is 2.46 bits per heavy atom. The van der Waals surface area contributed by atoms with Crippen LogP contribution in [0.3, 0.4) is 0 Å². The number of nitrogens with zero attached hydrogens (tertiary/aromatic N) is 2. The number of methoxy groups -OCH3 is 1. The summed E-state index contributed by atoms with van der Waals surface area (Å²) in [5.74, 6) is 0. The van der Waals surface area contributed by atoms with E-state index in [1.54, 1.807) is 4.90 Å². The van der Waals surface area contributed by atoms with E-state index in [0.717, 1.165) is 0 Å². The minimum absolute atomic E-state index is 0.302. The molecule has 13 heavy (non-hydrogen) atoms. The molecule has 74 valence electrons. The number of likely N-dealkylation sites (tertiary alicyclic amines) is 1. The van der Waals surface area contributed by atoms with E-state index >= 15 is 0 Å². The summed E-state index contributed by atoms with van der Waals surface area (Å²) in [6.07, 6.45) is -1.49. The van der Waals surface area contributed by atoms with Crippen molar-refractivity contribution in [1.82, 2.24) is 4.90 Å². The molecule has 3 unspecified atom stereocenters. The molecule has 0 radical (unpaired) electrons. The second-order valence-electron chi connectivity index (χ2n) is 3.19. The third kappa shape index (κ3) is 2.39. The number of β-amino-alcohol motifs (C(OH)–C–C–N with tert-alkyl or cyclic N) is 2. The Bertz CT molecular complexity index is 194. The van der Waals surface area contributed by atoms with Gasteiger partial charge in [0.2, 0.25) is 0 Å². The molecule has 0 amide bonds. The van der Waals surface area contributed by atoms with Crippen molar-refractivity contribution in [2.75, 3.05) is 26.8 Å². The Hall–Kier alpha value is -0.670. The Kier molecular flexibility index (Phi) is 3.63. The second kappa shape index (κ2) is 4.53. The third-order valence-corrected chi connectivity index (χ3v) is 2.20. The van der Waals surface area contributed by atoms with Gasteiger partial charge in [-0.05, 0) is 0 Å². The summed E-state index contributed by atoms with van der Waals surface area (Å²) in [5, 5.41) is 27.2. The lowest BCUT2D eigenvalue weighted by molar-refractivity contribution is 0.0572. The molecular formula is C8H14N2O3. The van der Waals surface area contributed by atoms with Crippen LogP contribution >= 0.6 is 0 Å². The number of ether oxygens (including phenoxy) is 1. The highest BCUT2D eigenvalue weighted by atomic mass is 16.5. The van der Waals surface area contributed by atoms with E-state index in [0.29, 0.717) is 19.7 Å². The molecule has 0 bridgehead atoms. The van der Waals surface area contributed by atoms with E-state index in [1.165, 1.54) is 7.11 Å². The minimum Gasteiger partial charge on any atom is -0.389 e. The lowest BCUT2D eigenvalue weighted by atomic mass is 10.3. The van der Waals surface area contributed by atoms with E-state index in [-0.39, 0.29) is 6.04 Å². The number of nitriles is 1. The lowest BCUT2D eigenvalue weighted by Crippen LogP contribution is -2.36. The Morgan fingerprint density at radius 1 is 1.54 bits per heavy atom. The fourth-order valence-corrected chi connectivity index (χ4v) is 1.44. The maximum atomic E-state index is 9.24. The van der Waals surface area contributed by atoms with Crippen LogP contribution in [0.4, 0.5) is 0 Å². The molecule has 0 aromatic rings. The number of aliphatic hydroxyl groups is 2. The van der Waals surface area contributed by atoms with Crippen molar-refractivity contribution in [3.63, 3.8) is 0 Å². The lowest BCUT2D eigenvalue weighted by Gasteiger charge is -2.19. The van der Waals surface area contributed by atoms with Gasteiger partial charge in [-0.3, -0.25) is 4.90 Å². The normalized spacial score (nSPS) is 31.5. The van der Waals surface area contributed by atoms with E-state index in [1.807, 2.05) is 0 Å². The average Bonchev–Trinajstić information content (AvgIpc) is 2.43. The fourth-order valence-electron chi connectivity index (χ4n) is 1.44. The fraction of sp³-hybridized carbons (Fsp3) is 0.875. The quantitative estimate of drug-likeness (QED) is 0.564. The van der Waals surface area contributed by atoms with Gasteiger partial charge in [0.15, 0.2) is 0 Å². The van der Waals surface area contributed by atoms with E-state index in [2.05, 4.69) is 6.07 Å². The van der Waals surface area contributed by atoms with Gasteiger partial charge in [-0.2, -0.15) is 5.26 Å².